The number of nitrogens with one attached hydrogen (secondary N) is 1. The summed E-state index contributed by atoms with van der Waals surface area (Å²) < 4.78 is 16.1. The summed E-state index contributed by atoms with van der Waals surface area (Å²) in [7, 11) is 0. The summed E-state index contributed by atoms with van der Waals surface area (Å²) in [5.74, 6) is 0.148. The summed E-state index contributed by atoms with van der Waals surface area (Å²) in [5.41, 5.74) is -0.670. The molecule has 5 nitrogen and oxygen atoms in total. The second-order valence-corrected chi connectivity index (χ2v) is 4.75. The summed E-state index contributed by atoms with van der Waals surface area (Å²) in [6.45, 7) is 9.01. The highest BCUT2D eigenvalue weighted by atomic mass is 16.5. The predicted octanol–water partition coefficient (Wildman–Crippen LogP) is 1.36. The van der Waals surface area contributed by atoms with Crippen LogP contribution in [0.3, 0.4) is 0 Å². The normalized spacial score (nSPS) is 18.1. The number of carbonyl (C=O) groups excluding carboxylic acids is 1. The molecule has 1 aliphatic carbocycles. The highest BCUT2D eigenvalue weighted by molar-refractivity contribution is 5.82. The maximum Gasteiger partial charge on any atom is 0.329 e. The minimum absolute atomic E-state index is 0.184. The van der Waals surface area contributed by atoms with E-state index in [1.165, 1.54) is 0 Å². The lowest BCUT2D eigenvalue weighted by molar-refractivity contribution is -0.156. The van der Waals surface area contributed by atoms with Crippen molar-refractivity contribution in [3.05, 3.63) is 0 Å². The molecule has 0 aromatic rings. The lowest BCUT2D eigenvalue weighted by atomic mass is 9.94. The maximum atomic E-state index is 12.3. The maximum absolute atomic E-state index is 12.3. The van der Waals surface area contributed by atoms with E-state index in [4.69, 9.17) is 14.2 Å². The minimum Gasteiger partial charge on any atom is -0.465 e. The Morgan fingerprint density at radius 2 is 1.84 bits per heavy atom. The number of carbonyl (C=O) groups is 1. The van der Waals surface area contributed by atoms with Gasteiger partial charge in [-0.2, -0.15) is 0 Å². The largest absolute Gasteiger partial charge is 0.465 e. The molecule has 0 heterocycles. The third-order valence-electron chi connectivity index (χ3n) is 3.31. The third kappa shape index (κ3) is 4.75. The zero-order valence-electron chi connectivity index (χ0n) is 12.4. The molecule has 1 N–H and O–H groups in total. The molecular formula is C14H27NO4. The van der Waals surface area contributed by atoms with Crippen LogP contribution in [0.2, 0.25) is 0 Å². The van der Waals surface area contributed by atoms with Gasteiger partial charge in [0.1, 0.15) is 5.54 Å². The van der Waals surface area contributed by atoms with E-state index in [1.807, 2.05) is 20.8 Å². The van der Waals surface area contributed by atoms with Crippen molar-refractivity contribution in [2.24, 2.45) is 5.92 Å². The number of ether oxygens (including phenoxy) is 3. The van der Waals surface area contributed by atoms with Gasteiger partial charge in [-0.25, -0.2) is 4.79 Å². The molecule has 1 atom stereocenters. The topological polar surface area (TPSA) is 56.8 Å². The monoisotopic (exact) mass is 273 g/mol. The van der Waals surface area contributed by atoms with Crippen molar-refractivity contribution in [3.63, 3.8) is 0 Å². The predicted molar refractivity (Wildman–Crippen MR) is 73.1 cm³/mol. The SMILES string of the molecule is CCNC(COCCOCC)(C(=O)OCC)C1CC1. The van der Waals surface area contributed by atoms with Gasteiger partial charge in [-0.15, -0.1) is 0 Å². The first-order chi connectivity index (χ1) is 9.21. The van der Waals surface area contributed by atoms with E-state index in [0.717, 1.165) is 19.4 Å². The molecule has 19 heavy (non-hydrogen) atoms. The van der Waals surface area contributed by atoms with Gasteiger partial charge in [-0.05, 0) is 39.2 Å². The van der Waals surface area contributed by atoms with Crippen LogP contribution in [0.25, 0.3) is 0 Å². The average molecular weight is 273 g/mol. The first-order valence-electron chi connectivity index (χ1n) is 7.29. The van der Waals surface area contributed by atoms with Crippen LogP contribution in [0.5, 0.6) is 0 Å². The van der Waals surface area contributed by atoms with Crippen molar-refractivity contribution in [2.45, 2.75) is 39.2 Å². The molecule has 1 saturated carbocycles. The number of esters is 1. The van der Waals surface area contributed by atoms with Crippen molar-refractivity contribution < 1.29 is 19.0 Å². The van der Waals surface area contributed by atoms with Gasteiger partial charge in [0.15, 0.2) is 0 Å². The van der Waals surface area contributed by atoms with E-state index in [1.54, 1.807) is 0 Å². The summed E-state index contributed by atoms with van der Waals surface area (Å²) in [6, 6.07) is 0. The van der Waals surface area contributed by atoms with Gasteiger partial charge in [-0.1, -0.05) is 6.92 Å². The Kier molecular flexibility index (Phi) is 7.34. The van der Waals surface area contributed by atoms with Crippen LogP contribution in [0, 0.1) is 5.92 Å². The Morgan fingerprint density at radius 1 is 1.16 bits per heavy atom. The molecule has 0 aliphatic heterocycles. The molecule has 0 spiro atoms. The third-order valence-corrected chi connectivity index (χ3v) is 3.31. The molecule has 112 valence electrons. The average Bonchev–Trinajstić information content (AvgIpc) is 3.22. The second kappa shape index (κ2) is 8.51. The van der Waals surface area contributed by atoms with Crippen LogP contribution < -0.4 is 5.32 Å². The molecule has 5 heteroatoms. The zero-order valence-corrected chi connectivity index (χ0v) is 12.4. The molecule has 0 amide bonds. The molecule has 0 radical (unpaired) electrons. The van der Waals surface area contributed by atoms with Gasteiger partial charge in [-0.3, -0.25) is 5.32 Å². The van der Waals surface area contributed by atoms with Gasteiger partial charge >= 0.3 is 5.97 Å². The molecular weight excluding hydrogens is 246 g/mol. The van der Waals surface area contributed by atoms with Crippen molar-refractivity contribution in [1.82, 2.24) is 5.32 Å². The molecule has 0 aromatic carbocycles. The number of hydrogen-bond acceptors (Lipinski definition) is 5. The Balaban J connectivity index is 2.54. The fourth-order valence-corrected chi connectivity index (χ4v) is 2.26. The Bertz CT molecular complexity index is 268. The molecule has 1 rings (SSSR count). The molecule has 1 aliphatic rings. The first-order valence-corrected chi connectivity index (χ1v) is 7.29. The van der Waals surface area contributed by atoms with E-state index < -0.39 is 5.54 Å². The summed E-state index contributed by atoms with van der Waals surface area (Å²) in [6.07, 6.45) is 2.11. The van der Waals surface area contributed by atoms with Gasteiger partial charge < -0.3 is 14.2 Å². The minimum atomic E-state index is -0.670. The van der Waals surface area contributed by atoms with Crippen LogP contribution in [0.4, 0.5) is 0 Å². The Labute approximate surface area is 116 Å². The van der Waals surface area contributed by atoms with Crippen molar-refractivity contribution in [2.75, 3.05) is 39.6 Å². The highest BCUT2D eigenvalue weighted by Gasteiger charge is 2.51. The fourth-order valence-electron chi connectivity index (χ4n) is 2.26. The van der Waals surface area contributed by atoms with E-state index in [2.05, 4.69) is 5.32 Å². The Hall–Kier alpha value is -0.650. The molecule has 0 bridgehead atoms. The summed E-state index contributed by atoms with van der Waals surface area (Å²) in [4.78, 5) is 12.3. The quantitative estimate of drug-likeness (QED) is 0.455. The van der Waals surface area contributed by atoms with E-state index in [9.17, 15) is 4.79 Å². The number of rotatable bonds is 11. The molecule has 1 fully saturated rings. The van der Waals surface area contributed by atoms with E-state index in [-0.39, 0.29) is 5.97 Å². The van der Waals surface area contributed by atoms with Crippen molar-refractivity contribution in [3.8, 4) is 0 Å². The standard InChI is InChI=1S/C14H27NO4/c1-4-15-14(12-7-8-12,13(16)19-6-3)11-18-10-9-17-5-2/h12,15H,4-11H2,1-3H3. The lowest BCUT2D eigenvalue weighted by Gasteiger charge is -2.32. The van der Waals surface area contributed by atoms with Crippen molar-refractivity contribution >= 4 is 5.97 Å². The van der Waals surface area contributed by atoms with Gasteiger partial charge in [0.25, 0.3) is 0 Å². The lowest BCUT2D eigenvalue weighted by Crippen LogP contribution is -2.58. The van der Waals surface area contributed by atoms with Crippen molar-refractivity contribution in [1.29, 1.82) is 0 Å². The van der Waals surface area contributed by atoms with Gasteiger partial charge in [0, 0.05) is 6.61 Å². The summed E-state index contributed by atoms with van der Waals surface area (Å²) in [5, 5.41) is 3.29. The van der Waals surface area contributed by atoms with Crippen LogP contribution in [-0.4, -0.2) is 51.1 Å². The molecule has 0 aromatic heterocycles. The number of hydrogen-bond donors (Lipinski definition) is 1. The van der Waals surface area contributed by atoms with Gasteiger partial charge in [0.2, 0.25) is 0 Å². The van der Waals surface area contributed by atoms with Crippen LogP contribution in [0.15, 0.2) is 0 Å². The molecule has 0 saturated heterocycles. The van der Waals surface area contributed by atoms with Crippen LogP contribution in [0.1, 0.15) is 33.6 Å². The second-order valence-electron chi connectivity index (χ2n) is 4.75. The zero-order chi connectivity index (χ0) is 14.1. The smallest absolute Gasteiger partial charge is 0.329 e. The van der Waals surface area contributed by atoms with Crippen LogP contribution >= 0.6 is 0 Å². The first kappa shape index (κ1) is 16.4. The molecule has 1 unspecified atom stereocenters. The van der Waals surface area contributed by atoms with E-state index in [0.29, 0.717) is 39.0 Å². The fraction of sp³-hybridized carbons (Fsp3) is 0.929. The summed E-state index contributed by atoms with van der Waals surface area (Å²) >= 11 is 0. The van der Waals surface area contributed by atoms with Gasteiger partial charge in [0.05, 0.1) is 26.4 Å². The van der Waals surface area contributed by atoms with Crippen LogP contribution in [-0.2, 0) is 19.0 Å². The Morgan fingerprint density at radius 3 is 2.37 bits per heavy atom. The van der Waals surface area contributed by atoms with E-state index >= 15 is 0 Å². The highest BCUT2D eigenvalue weighted by Crippen LogP contribution is 2.40. The number of likely N-dealkylation sites (N-methyl/N-ethyl adjacent to an activating group) is 1.